The van der Waals surface area contributed by atoms with Crippen molar-refractivity contribution in [1.82, 2.24) is 9.80 Å². The fraction of sp³-hybridized carbons (Fsp3) is 0.971. The van der Waals surface area contributed by atoms with Crippen molar-refractivity contribution in [2.75, 3.05) is 39.3 Å². The van der Waals surface area contributed by atoms with Crippen LogP contribution in [0.3, 0.4) is 0 Å². The van der Waals surface area contributed by atoms with Gasteiger partial charge in [0, 0.05) is 11.9 Å². The minimum absolute atomic E-state index is 0. The maximum absolute atomic E-state index is 10.7. The Balaban J connectivity index is -0.00000140. The van der Waals surface area contributed by atoms with E-state index >= 15 is 0 Å². The van der Waals surface area contributed by atoms with Crippen LogP contribution in [0.1, 0.15) is 400 Å². The Bertz CT molecular complexity index is 936. The molecule has 0 saturated carbocycles. The van der Waals surface area contributed by atoms with Crippen LogP contribution in [0, 0.1) is 0 Å². The summed E-state index contributed by atoms with van der Waals surface area (Å²) < 4.78 is 0. The number of rotatable bonds is 66. The Hall–Kier alpha value is 0.120. The average Bonchev–Trinajstić information content (AvgIpc) is 3.41. The van der Waals surface area contributed by atoms with Gasteiger partial charge < -0.3 is 29.6 Å². The van der Waals surface area contributed by atoms with Crippen molar-refractivity contribution in [1.29, 1.82) is 0 Å². The number of carboxylic acid groups (broad SMARTS) is 2. The van der Waals surface area contributed by atoms with Gasteiger partial charge in [0.15, 0.2) is 0 Å². The largest absolute Gasteiger partial charge is 2.00 e. The van der Waals surface area contributed by atoms with E-state index in [1.165, 1.54) is 360 Å². The summed E-state index contributed by atoms with van der Waals surface area (Å²) in [6.45, 7) is 16.1. The fourth-order valence-electron chi connectivity index (χ4n) is 11.3. The SMILES string of the molecule is CCCCCCCCCCCCCCCN(CCCCCCCCCCCCCCC)CCCCC(=O)[O-].CCCCCCCCCCCCCCCN(CCCCCCCCCCCCCCC)CCCCC(=O)[O-].[Ca+2]. The molecule has 0 amide bonds. The molecule has 0 unspecified atom stereocenters. The number of carbonyl (C=O) groups is 2. The van der Waals surface area contributed by atoms with Crippen molar-refractivity contribution >= 4 is 49.7 Å². The van der Waals surface area contributed by atoms with Gasteiger partial charge in [0.2, 0.25) is 0 Å². The Morgan fingerprint density at radius 1 is 0.208 bits per heavy atom. The summed E-state index contributed by atoms with van der Waals surface area (Å²) in [5.74, 6) is -1.80. The minimum Gasteiger partial charge on any atom is -0.550 e. The van der Waals surface area contributed by atoms with Gasteiger partial charge >= 0.3 is 37.7 Å². The van der Waals surface area contributed by atoms with Crippen molar-refractivity contribution in [2.24, 2.45) is 0 Å². The number of carboxylic acids is 2. The van der Waals surface area contributed by atoms with Gasteiger partial charge in [0.1, 0.15) is 0 Å². The Labute approximate surface area is 514 Å². The molecule has 0 radical (unpaired) electrons. The van der Waals surface area contributed by atoms with Gasteiger partial charge in [-0.3, -0.25) is 0 Å². The molecule has 77 heavy (non-hydrogen) atoms. The van der Waals surface area contributed by atoms with E-state index in [4.69, 9.17) is 0 Å². The predicted molar refractivity (Wildman–Crippen MR) is 339 cm³/mol. The Kier molecular flexibility index (Phi) is 78.3. The minimum atomic E-state index is -0.899. The first-order valence-corrected chi connectivity index (χ1v) is 35.2. The van der Waals surface area contributed by atoms with Crippen LogP contribution in [0.5, 0.6) is 0 Å². The number of hydrogen-bond donors (Lipinski definition) is 0. The van der Waals surface area contributed by atoms with Crippen LogP contribution < -0.4 is 10.2 Å². The molecule has 0 aliphatic heterocycles. The molecule has 0 N–H and O–H groups in total. The topological polar surface area (TPSA) is 86.7 Å². The predicted octanol–water partition coefficient (Wildman–Crippen LogP) is 20.4. The quantitative estimate of drug-likeness (QED) is 0.0445. The summed E-state index contributed by atoms with van der Waals surface area (Å²) in [6.07, 6.45) is 76.9. The molecule has 0 atom stereocenters. The number of nitrogens with zero attached hydrogens (tertiary/aromatic N) is 2. The number of unbranched alkanes of at least 4 members (excludes halogenated alkanes) is 50. The van der Waals surface area contributed by atoms with Crippen LogP contribution in [0.15, 0.2) is 0 Å². The van der Waals surface area contributed by atoms with E-state index in [0.29, 0.717) is 0 Å². The van der Waals surface area contributed by atoms with E-state index in [2.05, 4.69) is 37.5 Å². The van der Waals surface area contributed by atoms with E-state index in [1.54, 1.807) is 0 Å². The summed E-state index contributed by atoms with van der Waals surface area (Å²) in [5, 5.41) is 21.5. The second-order valence-corrected chi connectivity index (χ2v) is 24.3. The van der Waals surface area contributed by atoms with Gasteiger partial charge in [-0.05, 0) is 103 Å². The van der Waals surface area contributed by atoms with Crippen LogP contribution in [0.4, 0.5) is 0 Å². The van der Waals surface area contributed by atoms with Crippen LogP contribution in [-0.2, 0) is 9.59 Å². The van der Waals surface area contributed by atoms with Crippen molar-refractivity contribution in [3.63, 3.8) is 0 Å². The second kappa shape index (κ2) is 74.1. The molecular weight excluding hydrogens is 973 g/mol. The molecule has 0 saturated heterocycles. The molecule has 6 nitrogen and oxygen atoms in total. The monoisotopic (exact) mass is 1110 g/mol. The van der Waals surface area contributed by atoms with Crippen LogP contribution in [0.25, 0.3) is 0 Å². The molecule has 0 aromatic heterocycles. The summed E-state index contributed by atoms with van der Waals surface area (Å²) >= 11 is 0. The molecule has 0 aromatic carbocycles. The molecule has 0 fully saturated rings. The van der Waals surface area contributed by atoms with Crippen molar-refractivity contribution in [3.05, 3.63) is 0 Å². The van der Waals surface area contributed by atoms with Crippen LogP contribution in [-0.4, -0.2) is 98.7 Å². The zero-order valence-electron chi connectivity index (χ0n) is 53.5. The number of carbonyl (C=O) groups excluding carboxylic acids is 2. The summed E-state index contributed by atoms with van der Waals surface area (Å²) in [6, 6.07) is 0. The number of hydrogen-bond acceptors (Lipinski definition) is 6. The third kappa shape index (κ3) is 76.1. The normalized spacial score (nSPS) is 11.4. The van der Waals surface area contributed by atoms with Gasteiger partial charge in [-0.2, -0.15) is 0 Å². The van der Waals surface area contributed by atoms with Crippen molar-refractivity contribution in [2.45, 2.75) is 400 Å². The van der Waals surface area contributed by atoms with Crippen molar-refractivity contribution in [3.8, 4) is 0 Å². The van der Waals surface area contributed by atoms with Gasteiger partial charge in [0.05, 0.1) is 0 Å². The Morgan fingerprint density at radius 3 is 0.455 bits per heavy atom. The average molecular weight is 1110 g/mol. The molecular formula is C70H140CaN2O4. The molecule has 0 aliphatic carbocycles. The smallest absolute Gasteiger partial charge is 0.550 e. The maximum Gasteiger partial charge on any atom is 2.00 e. The second-order valence-electron chi connectivity index (χ2n) is 24.3. The van der Waals surface area contributed by atoms with E-state index in [1.807, 2.05) is 0 Å². The summed E-state index contributed by atoms with van der Waals surface area (Å²) in [5.41, 5.74) is 0. The third-order valence-electron chi connectivity index (χ3n) is 16.5. The molecule has 0 spiro atoms. The van der Waals surface area contributed by atoms with Crippen LogP contribution >= 0.6 is 0 Å². The Morgan fingerprint density at radius 2 is 0.325 bits per heavy atom. The van der Waals surface area contributed by atoms with E-state index in [-0.39, 0.29) is 50.6 Å². The standard InChI is InChI=1S/2C35H71NO2.Ca/c2*1-3-5-7-9-11-13-15-17-19-21-23-25-28-32-36(34-30-27-31-35(37)38)33-29-26-24-22-20-18-16-14-12-10-8-6-4-2;/h2*3-34H2,1-2H3,(H,37,38);/q;;+2/p-2. The van der Waals surface area contributed by atoms with E-state index < -0.39 is 11.9 Å². The first-order chi connectivity index (χ1) is 37.4. The van der Waals surface area contributed by atoms with Gasteiger partial charge in [-0.15, -0.1) is 0 Å². The van der Waals surface area contributed by atoms with Crippen LogP contribution in [0.2, 0.25) is 0 Å². The first kappa shape index (κ1) is 81.3. The molecule has 0 aliphatic rings. The fourth-order valence-corrected chi connectivity index (χ4v) is 11.3. The van der Waals surface area contributed by atoms with Gasteiger partial charge in [-0.25, -0.2) is 0 Å². The zero-order valence-corrected chi connectivity index (χ0v) is 55.7. The molecule has 0 heterocycles. The molecule has 0 rings (SSSR count). The summed E-state index contributed by atoms with van der Waals surface area (Å²) in [7, 11) is 0. The molecule has 456 valence electrons. The third-order valence-corrected chi connectivity index (χ3v) is 16.5. The van der Waals surface area contributed by atoms with Gasteiger partial charge in [-0.1, -0.05) is 336 Å². The number of aliphatic carboxylic acids is 2. The van der Waals surface area contributed by atoms with Crippen molar-refractivity contribution < 1.29 is 19.8 Å². The van der Waals surface area contributed by atoms with E-state index in [9.17, 15) is 19.8 Å². The molecule has 0 bridgehead atoms. The van der Waals surface area contributed by atoms with E-state index in [0.717, 1.165) is 38.8 Å². The zero-order chi connectivity index (χ0) is 55.6. The maximum atomic E-state index is 10.7. The molecule has 0 aromatic rings. The molecule has 7 heteroatoms. The van der Waals surface area contributed by atoms with Gasteiger partial charge in [0.25, 0.3) is 0 Å². The summed E-state index contributed by atoms with van der Waals surface area (Å²) in [4.78, 5) is 26.7. The first-order valence-electron chi connectivity index (χ1n) is 35.2.